The number of aromatic nitrogens is 3. The van der Waals surface area contributed by atoms with Crippen molar-refractivity contribution in [1.29, 1.82) is 0 Å². The van der Waals surface area contributed by atoms with Crippen LogP contribution in [0.2, 0.25) is 0 Å². The molecule has 5 heteroatoms. The fourth-order valence-electron chi connectivity index (χ4n) is 3.10. The summed E-state index contributed by atoms with van der Waals surface area (Å²) >= 11 is 0. The molecule has 4 rings (SSSR count). The average molecular weight is 323 g/mol. The Labute approximate surface area is 141 Å². The first-order valence-corrected chi connectivity index (χ1v) is 8.32. The molecule has 3 aromatic rings. The zero-order chi connectivity index (χ0) is 16.7. The van der Waals surface area contributed by atoms with Crippen LogP contribution in [0.1, 0.15) is 31.2 Å². The number of imidazole rings is 1. The fraction of sp³-hybridized carbons (Fsp3) is 0.368. The van der Waals surface area contributed by atoms with E-state index in [1.807, 2.05) is 18.6 Å². The molecule has 1 aliphatic carbocycles. The van der Waals surface area contributed by atoms with Crippen molar-refractivity contribution in [2.75, 3.05) is 14.2 Å². The van der Waals surface area contributed by atoms with Gasteiger partial charge in [0.05, 0.1) is 26.2 Å². The van der Waals surface area contributed by atoms with E-state index >= 15 is 0 Å². The third-order valence-electron chi connectivity index (χ3n) is 4.62. The number of methoxy groups -OCH3 is 2. The van der Waals surface area contributed by atoms with Gasteiger partial charge in [0.1, 0.15) is 22.7 Å². The Hall–Kier alpha value is -2.56. The zero-order valence-corrected chi connectivity index (χ0v) is 14.2. The molecule has 24 heavy (non-hydrogen) atoms. The van der Waals surface area contributed by atoms with Crippen LogP contribution < -0.4 is 9.47 Å². The van der Waals surface area contributed by atoms with E-state index in [0.29, 0.717) is 5.92 Å². The number of rotatable bonds is 5. The van der Waals surface area contributed by atoms with Gasteiger partial charge in [0.25, 0.3) is 0 Å². The van der Waals surface area contributed by atoms with Crippen LogP contribution in [0.25, 0.3) is 22.3 Å². The van der Waals surface area contributed by atoms with Crippen LogP contribution in [0.5, 0.6) is 11.5 Å². The van der Waals surface area contributed by atoms with Crippen LogP contribution in [0.15, 0.2) is 30.7 Å². The molecule has 1 fully saturated rings. The van der Waals surface area contributed by atoms with Crippen molar-refractivity contribution in [1.82, 2.24) is 14.5 Å². The molecular weight excluding hydrogens is 302 g/mol. The van der Waals surface area contributed by atoms with Gasteiger partial charge in [0.2, 0.25) is 0 Å². The Morgan fingerprint density at radius 2 is 1.96 bits per heavy atom. The van der Waals surface area contributed by atoms with Crippen LogP contribution >= 0.6 is 0 Å². The molecule has 2 aromatic heterocycles. The molecule has 1 saturated carbocycles. The summed E-state index contributed by atoms with van der Waals surface area (Å²) in [6, 6.07) is 6.13. The molecule has 124 valence electrons. The minimum absolute atomic E-state index is 0.597. The monoisotopic (exact) mass is 323 g/mol. The van der Waals surface area contributed by atoms with Gasteiger partial charge in [0.15, 0.2) is 0 Å². The number of pyridine rings is 1. The van der Waals surface area contributed by atoms with Crippen LogP contribution in [-0.2, 0) is 6.54 Å². The summed E-state index contributed by atoms with van der Waals surface area (Å²) in [6.07, 6.45) is 6.34. The highest BCUT2D eigenvalue weighted by Crippen LogP contribution is 2.46. The Kier molecular flexibility index (Phi) is 3.63. The van der Waals surface area contributed by atoms with Gasteiger partial charge in [-0.1, -0.05) is 0 Å². The van der Waals surface area contributed by atoms with Crippen molar-refractivity contribution in [3.8, 4) is 22.9 Å². The SMILES string of the molecule is CCn1cnc(-c2cc(C3CC3)c3cc(OC)cc(OC)c3n2)c1. The van der Waals surface area contributed by atoms with Gasteiger partial charge in [0, 0.05) is 24.2 Å². The number of fused-ring (bicyclic) bond motifs is 1. The topological polar surface area (TPSA) is 49.2 Å². The zero-order valence-electron chi connectivity index (χ0n) is 14.2. The van der Waals surface area contributed by atoms with Crippen molar-refractivity contribution in [2.45, 2.75) is 32.2 Å². The van der Waals surface area contributed by atoms with Crippen molar-refractivity contribution < 1.29 is 9.47 Å². The van der Waals surface area contributed by atoms with Crippen LogP contribution in [0.3, 0.4) is 0 Å². The van der Waals surface area contributed by atoms with Crippen molar-refractivity contribution in [2.24, 2.45) is 0 Å². The summed E-state index contributed by atoms with van der Waals surface area (Å²) in [7, 11) is 3.35. The molecule has 0 amide bonds. The molecule has 0 bridgehead atoms. The van der Waals surface area contributed by atoms with Gasteiger partial charge in [-0.05, 0) is 43.4 Å². The number of benzene rings is 1. The van der Waals surface area contributed by atoms with E-state index in [1.165, 1.54) is 18.4 Å². The average Bonchev–Trinajstić information content (AvgIpc) is 3.36. The molecule has 0 N–H and O–H groups in total. The molecular formula is C19H21N3O2. The van der Waals surface area contributed by atoms with Gasteiger partial charge < -0.3 is 14.0 Å². The molecule has 0 unspecified atom stereocenters. The number of hydrogen-bond donors (Lipinski definition) is 0. The van der Waals surface area contributed by atoms with Gasteiger partial charge in [-0.3, -0.25) is 0 Å². The van der Waals surface area contributed by atoms with Crippen LogP contribution in [-0.4, -0.2) is 28.8 Å². The number of hydrogen-bond acceptors (Lipinski definition) is 4. The quantitative estimate of drug-likeness (QED) is 0.712. The fourth-order valence-corrected chi connectivity index (χ4v) is 3.10. The summed E-state index contributed by atoms with van der Waals surface area (Å²) < 4.78 is 13.1. The lowest BCUT2D eigenvalue weighted by Crippen LogP contribution is -1.96. The highest BCUT2D eigenvalue weighted by molar-refractivity contribution is 5.91. The van der Waals surface area contributed by atoms with E-state index in [0.717, 1.165) is 40.3 Å². The van der Waals surface area contributed by atoms with Gasteiger partial charge in [-0.25, -0.2) is 9.97 Å². The van der Waals surface area contributed by atoms with E-state index in [1.54, 1.807) is 14.2 Å². The van der Waals surface area contributed by atoms with Crippen LogP contribution in [0.4, 0.5) is 0 Å². The van der Waals surface area contributed by atoms with Gasteiger partial charge in [-0.2, -0.15) is 0 Å². The normalized spacial score (nSPS) is 14.1. The highest BCUT2D eigenvalue weighted by Gasteiger charge is 2.27. The smallest absolute Gasteiger partial charge is 0.148 e. The molecule has 0 aliphatic heterocycles. The van der Waals surface area contributed by atoms with Crippen molar-refractivity contribution in [3.63, 3.8) is 0 Å². The molecule has 0 spiro atoms. The van der Waals surface area contributed by atoms with Gasteiger partial charge >= 0.3 is 0 Å². The third kappa shape index (κ3) is 2.50. The number of aryl methyl sites for hydroxylation is 1. The second kappa shape index (κ2) is 5.82. The lowest BCUT2D eigenvalue weighted by Gasteiger charge is -2.13. The minimum Gasteiger partial charge on any atom is -0.497 e. The first-order valence-electron chi connectivity index (χ1n) is 8.32. The Morgan fingerprint density at radius 3 is 2.58 bits per heavy atom. The lowest BCUT2D eigenvalue weighted by molar-refractivity contribution is 0.397. The van der Waals surface area contributed by atoms with E-state index in [-0.39, 0.29) is 0 Å². The van der Waals surface area contributed by atoms with E-state index in [2.05, 4.69) is 28.6 Å². The molecule has 1 aliphatic rings. The first kappa shape index (κ1) is 15.0. The Bertz CT molecular complexity index is 897. The van der Waals surface area contributed by atoms with E-state index in [9.17, 15) is 0 Å². The van der Waals surface area contributed by atoms with Crippen molar-refractivity contribution in [3.05, 3.63) is 36.3 Å². The second-order valence-corrected chi connectivity index (χ2v) is 6.19. The predicted octanol–water partition coefficient (Wildman–Crippen LogP) is 4.01. The van der Waals surface area contributed by atoms with Gasteiger partial charge in [-0.15, -0.1) is 0 Å². The highest BCUT2D eigenvalue weighted by atomic mass is 16.5. The standard InChI is InChI=1S/C19H21N3O2/c1-4-22-10-17(20-11-22)16-9-14(12-5-6-12)15-7-13(23-2)8-18(24-3)19(15)21-16/h7-12H,4-6H2,1-3H3. The molecule has 5 nitrogen and oxygen atoms in total. The lowest BCUT2D eigenvalue weighted by atomic mass is 10.0. The summed E-state index contributed by atoms with van der Waals surface area (Å²) in [5.74, 6) is 2.13. The van der Waals surface area contributed by atoms with E-state index < -0.39 is 0 Å². The minimum atomic E-state index is 0.597. The Morgan fingerprint density at radius 1 is 1.12 bits per heavy atom. The molecule has 0 saturated heterocycles. The number of nitrogens with zero attached hydrogens (tertiary/aromatic N) is 3. The van der Waals surface area contributed by atoms with E-state index in [4.69, 9.17) is 14.5 Å². The molecule has 0 radical (unpaired) electrons. The molecule has 2 heterocycles. The third-order valence-corrected chi connectivity index (χ3v) is 4.62. The summed E-state index contributed by atoms with van der Waals surface area (Å²) in [6.45, 7) is 3.00. The summed E-state index contributed by atoms with van der Waals surface area (Å²) in [5, 5.41) is 1.12. The largest absolute Gasteiger partial charge is 0.497 e. The maximum Gasteiger partial charge on any atom is 0.148 e. The Balaban J connectivity index is 1.96. The summed E-state index contributed by atoms with van der Waals surface area (Å²) in [5.41, 5.74) is 4.00. The maximum absolute atomic E-state index is 5.57. The maximum atomic E-state index is 5.57. The first-order chi connectivity index (χ1) is 11.7. The van der Waals surface area contributed by atoms with Crippen molar-refractivity contribution >= 4 is 10.9 Å². The van der Waals surface area contributed by atoms with Crippen LogP contribution in [0, 0.1) is 0 Å². The molecule has 1 aromatic carbocycles. The second-order valence-electron chi connectivity index (χ2n) is 6.19. The predicted molar refractivity (Wildman–Crippen MR) is 93.7 cm³/mol. The number of ether oxygens (including phenoxy) is 2. The molecule has 0 atom stereocenters. The summed E-state index contributed by atoms with van der Waals surface area (Å²) in [4.78, 5) is 9.36.